The number of nitrogens with two attached hydrogens (primary N) is 1. The zero-order chi connectivity index (χ0) is 14.0. The Morgan fingerprint density at radius 3 is 2.42 bits per heavy atom. The normalized spacial score (nSPS) is 12.4. The lowest BCUT2D eigenvalue weighted by molar-refractivity contribution is 0.682. The van der Waals surface area contributed by atoms with Crippen LogP contribution >= 0.6 is 34.8 Å². The highest BCUT2D eigenvalue weighted by Gasteiger charge is 2.12. The number of anilines is 1. The van der Waals surface area contributed by atoms with E-state index in [1.54, 1.807) is 36.4 Å². The standard InChI is InChI=1S/C13H10Cl3NOS/c14-9-2-4-11(15)13(5-9)19(18)7-8-1-3-10(17)6-12(8)16/h1-6H,7,17H2. The third-order valence-corrected chi connectivity index (χ3v) is 4.93. The Bertz CT molecular complexity index is 646. The van der Waals surface area contributed by atoms with E-state index in [1.165, 1.54) is 0 Å². The van der Waals surface area contributed by atoms with Gasteiger partial charge < -0.3 is 5.73 Å². The van der Waals surface area contributed by atoms with Gasteiger partial charge >= 0.3 is 0 Å². The number of hydrogen-bond acceptors (Lipinski definition) is 2. The van der Waals surface area contributed by atoms with E-state index in [2.05, 4.69) is 0 Å². The fourth-order valence-corrected chi connectivity index (χ4v) is 3.73. The molecule has 0 aromatic heterocycles. The molecule has 0 saturated carbocycles. The van der Waals surface area contributed by atoms with Gasteiger partial charge in [-0.2, -0.15) is 0 Å². The van der Waals surface area contributed by atoms with Gasteiger partial charge in [0, 0.05) is 15.7 Å². The summed E-state index contributed by atoms with van der Waals surface area (Å²) >= 11 is 18.0. The Labute approximate surface area is 128 Å². The highest BCUT2D eigenvalue weighted by molar-refractivity contribution is 7.84. The smallest absolute Gasteiger partial charge is 0.0592 e. The second kappa shape index (κ2) is 6.14. The van der Waals surface area contributed by atoms with Crippen LogP contribution in [0.1, 0.15) is 5.56 Å². The molecule has 2 aromatic rings. The van der Waals surface area contributed by atoms with Crippen LogP contribution in [0.4, 0.5) is 5.69 Å². The van der Waals surface area contributed by atoms with Crippen LogP contribution in [-0.2, 0) is 16.6 Å². The van der Waals surface area contributed by atoms with Gasteiger partial charge in [0.1, 0.15) is 0 Å². The minimum Gasteiger partial charge on any atom is -0.399 e. The monoisotopic (exact) mass is 333 g/mol. The van der Waals surface area contributed by atoms with E-state index >= 15 is 0 Å². The second-order valence-corrected chi connectivity index (χ2v) is 6.59. The predicted molar refractivity (Wildman–Crippen MR) is 82.4 cm³/mol. The van der Waals surface area contributed by atoms with Gasteiger partial charge in [-0.25, -0.2) is 0 Å². The van der Waals surface area contributed by atoms with Crippen LogP contribution in [0.2, 0.25) is 15.1 Å². The van der Waals surface area contributed by atoms with Gasteiger partial charge in [-0.05, 0) is 35.9 Å². The lowest BCUT2D eigenvalue weighted by Crippen LogP contribution is -1.99. The van der Waals surface area contributed by atoms with E-state index in [1.807, 2.05) is 0 Å². The molecule has 0 heterocycles. The van der Waals surface area contributed by atoms with Crippen LogP contribution in [0.15, 0.2) is 41.3 Å². The Morgan fingerprint density at radius 2 is 1.74 bits per heavy atom. The van der Waals surface area contributed by atoms with Gasteiger partial charge in [-0.15, -0.1) is 0 Å². The van der Waals surface area contributed by atoms with Gasteiger partial charge in [0.05, 0.1) is 26.5 Å². The van der Waals surface area contributed by atoms with E-state index in [9.17, 15) is 4.21 Å². The van der Waals surface area contributed by atoms with Crippen molar-refractivity contribution in [1.82, 2.24) is 0 Å². The molecule has 100 valence electrons. The third kappa shape index (κ3) is 3.63. The first-order chi connectivity index (χ1) is 8.97. The fraction of sp³-hybridized carbons (Fsp3) is 0.0769. The van der Waals surface area contributed by atoms with Gasteiger partial charge in [0.15, 0.2) is 0 Å². The van der Waals surface area contributed by atoms with E-state index in [-0.39, 0.29) is 5.75 Å². The largest absolute Gasteiger partial charge is 0.399 e. The molecule has 0 aliphatic rings. The van der Waals surface area contributed by atoms with Crippen molar-refractivity contribution < 1.29 is 4.21 Å². The molecular weight excluding hydrogens is 325 g/mol. The lowest BCUT2D eigenvalue weighted by atomic mass is 10.2. The zero-order valence-electron chi connectivity index (χ0n) is 9.70. The Balaban J connectivity index is 2.28. The van der Waals surface area contributed by atoms with Crippen molar-refractivity contribution in [1.29, 1.82) is 0 Å². The first-order valence-electron chi connectivity index (χ1n) is 5.34. The van der Waals surface area contributed by atoms with E-state index < -0.39 is 10.8 Å². The SMILES string of the molecule is Nc1ccc(CS(=O)c2cc(Cl)ccc2Cl)c(Cl)c1. The molecule has 2 rings (SSSR count). The molecule has 6 heteroatoms. The molecule has 0 amide bonds. The molecule has 0 radical (unpaired) electrons. The van der Waals surface area contributed by atoms with E-state index in [0.717, 1.165) is 5.56 Å². The van der Waals surface area contributed by atoms with Crippen molar-refractivity contribution in [2.75, 3.05) is 5.73 Å². The summed E-state index contributed by atoms with van der Waals surface area (Å²) in [6, 6.07) is 9.99. The van der Waals surface area contributed by atoms with Crippen molar-refractivity contribution >= 4 is 51.3 Å². The molecule has 0 aliphatic heterocycles. The summed E-state index contributed by atoms with van der Waals surface area (Å²) in [4.78, 5) is 0.502. The number of rotatable bonds is 3. The highest BCUT2D eigenvalue weighted by Crippen LogP contribution is 2.27. The first-order valence-corrected chi connectivity index (χ1v) is 7.80. The van der Waals surface area contributed by atoms with Gasteiger partial charge in [-0.1, -0.05) is 40.9 Å². The van der Waals surface area contributed by atoms with E-state index in [4.69, 9.17) is 40.5 Å². The van der Waals surface area contributed by atoms with Crippen molar-refractivity contribution in [2.24, 2.45) is 0 Å². The Morgan fingerprint density at radius 1 is 1.00 bits per heavy atom. The van der Waals surface area contributed by atoms with Crippen molar-refractivity contribution in [2.45, 2.75) is 10.6 Å². The molecule has 1 atom stereocenters. The average molecular weight is 335 g/mol. The highest BCUT2D eigenvalue weighted by atomic mass is 35.5. The second-order valence-electron chi connectivity index (χ2n) is 3.92. The fourth-order valence-electron chi connectivity index (χ4n) is 1.55. The lowest BCUT2D eigenvalue weighted by Gasteiger charge is -2.07. The quantitative estimate of drug-likeness (QED) is 0.838. The number of halogens is 3. The summed E-state index contributed by atoms with van der Waals surface area (Å²) in [6.45, 7) is 0. The molecule has 0 bridgehead atoms. The van der Waals surface area contributed by atoms with E-state index in [0.29, 0.717) is 25.7 Å². The number of benzene rings is 2. The van der Waals surface area contributed by atoms with Crippen LogP contribution < -0.4 is 5.73 Å². The van der Waals surface area contributed by atoms with Gasteiger partial charge in [0.2, 0.25) is 0 Å². The molecule has 0 fully saturated rings. The van der Waals surface area contributed by atoms with Crippen LogP contribution in [0.5, 0.6) is 0 Å². The number of nitrogen functional groups attached to an aromatic ring is 1. The summed E-state index contributed by atoms with van der Waals surface area (Å²) in [7, 11) is -1.31. The van der Waals surface area contributed by atoms with Crippen LogP contribution in [-0.4, -0.2) is 4.21 Å². The zero-order valence-corrected chi connectivity index (χ0v) is 12.8. The summed E-state index contributed by atoms with van der Waals surface area (Å²) in [6.07, 6.45) is 0. The Hall–Kier alpha value is -0.740. The topological polar surface area (TPSA) is 43.1 Å². The molecular formula is C13H10Cl3NOS. The maximum atomic E-state index is 12.3. The van der Waals surface area contributed by atoms with Crippen LogP contribution in [0, 0.1) is 0 Å². The molecule has 0 spiro atoms. The molecule has 0 aliphatic carbocycles. The van der Waals surface area contributed by atoms with Crippen molar-refractivity contribution in [3.63, 3.8) is 0 Å². The summed E-state index contributed by atoms with van der Waals surface area (Å²) in [5.74, 6) is 0.263. The van der Waals surface area contributed by atoms with Crippen LogP contribution in [0.25, 0.3) is 0 Å². The Kier molecular flexibility index (Phi) is 4.74. The van der Waals surface area contributed by atoms with Crippen molar-refractivity contribution in [3.05, 3.63) is 57.0 Å². The molecule has 2 N–H and O–H groups in total. The van der Waals surface area contributed by atoms with Gasteiger partial charge in [0.25, 0.3) is 0 Å². The molecule has 2 aromatic carbocycles. The maximum absolute atomic E-state index is 12.3. The maximum Gasteiger partial charge on any atom is 0.0592 e. The van der Waals surface area contributed by atoms with Gasteiger partial charge in [-0.3, -0.25) is 4.21 Å². The minimum absolute atomic E-state index is 0.263. The molecule has 19 heavy (non-hydrogen) atoms. The summed E-state index contributed by atoms with van der Waals surface area (Å²) in [5, 5.41) is 1.41. The summed E-state index contributed by atoms with van der Waals surface area (Å²) < 4.78 is 12.3. The average Bonchev–Trinajstić information content (AvgIpc) is 2.35. The molecule has 2 nitrogen and oxygen atoms in total. The first kappa shape index (κ1) is 14.7. The summed E-state index contributed by atoms with van der Waals surface area (Å²) in [5.41, 5.74) is 6.94. The molecule has 0 saturated heterocycles. The number of hydrogen-bond donors (Lipinski definition) is 1. The third-order valence-electron chi connectivity index (χ3n) is 2.50. The minimum atomic E-state index is -1.31. The molecule has 1 unspecified atom stereocenters. The van der Waals surface area contributed by atoms with Crippen LogP contribution in [0.3, 0.4) is 0 Å². The predicted octanol–water partition coefficient (Wildman–Crippen LogP) is 4.54. The van der Waals surface area contributed by atoms with Crippen molar-refractivity contribution in [3.8, 4) is 0 Å².